The average Bonchev–Trinajstić information content (AvgIpc) is 2.70. The number of hydrogen-bond donors (Lipinski definition) is 6. The molecular formula is C21H20O9. The van der Waals surface area contributed by atoms with Crippen LogP contribution in [-0.2, 0) is 0 Å². The third kappa shape index (κ3) is 3.48. The summed E-state index contributed by atoms with van der Waals surface area (Å²) >= 11 is 0. The van der Waals surface area contributed by atoms with Crippen LogP contribution in [-0.4, -0.2) is 30.6 Å². The molecule has 0 saturated heterocycles. The number of phenols is 6. The summed E-state index contributed by atoms with van der Waals surface area (Å²) in [6, 6.07) is 5.55. The molecule has 0 spiro atoms. The zero-order valence-corrected chi connectivity index (χ0v) is 16.3. The molecule has 9 heteroatoms. The molecule has 1 heterocycles. The van der Waals surface area contributed by atoms with E-state index in [-0.39, 0.29) is 57.3 Å². The summed E-state index contributed by atoms with van der Waals surface area (Å²) in [7, 11) is 0. The topological polar surface area (TPSA) is 149 Å². The quantitative estimate of drug-likeness (QED) is 0.267. The van der Waals surface area contributed by atoms with E-state index in [0.29, 0.717) is 0 Å². The third-order valence-corrected chi connectivity index (χ3v) is 4.13. The Kier molecular flexibility index (Phi) is 5.29. The minimum absolute atomic E-state index is 0.0342. The summed E-state index contributed by atoms with van der Waals surface area (Å²) in [5, 5.41) is 59.6. The van der Waals surface area contributed by atoms with E-state index in [2.05, 4.69) is 0 Å². The summed E-state index contributed by atoms with van der Waals surface area (Å²) in [5.74, 6) is -3.28. The van der Waals surface area contributed by atoms with E-state index in [9.17, 15) is 30.6 Å². The van der Waals surface area contributed by atoms with E-state index >= 15 is 0 Å². The second-order valence-corrected chi connectivity index (χ2v) is 6.09. The number of ether oxygens (including phenoxy) is 3. The lowest BCUT2D eigenvalue weighted by molar-refractivity contribution is 0.299. The van der Waals surface area contributed by atoms with Gasteiger partial charge >= 0.3 is 0 Å². The van der Waals surface area contributed by atoms with Crippen molar-refractivity contribution in [3.63, 3.8) is 0 Å². The van der Waals surface area contributed by atoms with Crippen molar-refractivity contribution >= 4 is 0 Å². The number of benzene rings is 3. The van der Waals surface area contributed by atoms with Gasteiger partial charge in [0.1, 0.15) is 23.0 Å². The lowest BCUT2D eigenvalue weighted by Crippen LogP contribution is -2.02. The van der Waals surface area contributed by atoms with Gasteiger partial charge in [0.15, 0.2) is 23.0 Å². The molecule has 6 N–H and O–H groups in total. The number of hydrogen-bond acceptors (Lipinski definition) is 9. The Labute approximate surface area is 171 Å². The highest BCUT2D eigenvalue weighted by Crippen LogP contribution is 2.60. The number of phenolic OH excluding ortho intramolecular Hbond substituents is 6. The Balaban J connectivity index is 0.00000124. The average molecular weight is 416 g/mol. The monoisotopic (exact) mass is 416 g/mol. The molecule has 0 saturated carbocycles. The first kappa shape index (κ1) is 20.6. The molecule has 0 atom stereocenters. The van der Waals surface area contributed by atoms with Crippen molar-refractivity contribution in [3.8, 4) is 69.0 Å². The molecule has 3 aromatic rings. The number of rotatable bonds is 2. The molecule has 3 aromatic carbocycles. The highest BCUT2D eigenvalue weighted by atomic mass is 16.6. The lowest BCUT2D eigenvalue weighted by atomic mass is 10.2. The maximum atomic E-state index is 10.2. The van der Waals surface area contributed by atoms with Gasteiger partial charge in [-0.2, -0.15) is 0 Å². The molecule has 0 radical (unpaired) electrons. The Morgan fingerprint density at radius 3 is 1.87 bits per heavy atom. The molecule has 0 aliphatic carbocycles. The van der Waals surface area contributed by atoms with E-state index < -0.39 is 17.2 Å². The fourth-order valence-corrected chi connectivity index (χ4v) is 2.69. The predicted octanol–water partition coefficient (Wildman–Crippen LogP) is 4.95. The first-order chi connectivity index (χ1) is 14.2. The molecule has 0 aromatic heterocycles. The van der Waals surface area contributed by atoms with Crippen molar-refractivity contribution in [2.24, 2.45) is 0 Å². The van der Waals surface area contributed by atoms with Gasteiger partial charge in [-0.3, -0.25) is 0 Å². The molecule has 30 heavy (non-hydrogen) atoms. The second kappa shape index (κ2) is 7.70. The van der Waals surface area contributed by atoms with Gasteiger partial charge in [-0.1, -0.05) is 13.8 Å². The minimum Gasteiger partial charge on any atom is -0.508 e. The number of aromatic hydroxyl groups is 6. The molecule has 0 fully saturated rings. The first-order valence-electron chi connectivity index (χ1n) is 8.95. The van der Waals surface area contributed by atoms with Crippen LogP contribution in [0.4, 0.5) is 0 Å². The third-order valence-electron chi connectivity index (χ3n) is 4.13. The van der Waals surface area contributed by atoms with Gasteiger partial charge in [0.05, 0.1) is 0 Å². The highest BCUT2D eigenvalue weighted by molar-refractivity contribution is 5.72. The lowest BCUT2D eigenvalue weighted by Gasteiger charge is -2.24. The van der Waals surface area contributed by atoms with Crippen LogP contribution >= 0.6 is 0 Å². The fraction of sp³-hybridized carbons (Fsp3) is 0.143. The van der Waals surface area contributed by atoms with Crippen LogP contribution in [0.15, 0.2) is 30.3 Å². The van der Waals surface area contributed by atoms with Gasteiger partial charge in [0.25, 0.3) is 0 Å². The van der Waals surface area contributed by atoms with Crippen molar-refractivity contribution in [1.29, 1.82) is 0 Å². The summed E-state index contributed by atoms with van der Waals surface area (Å²) < 4.78 is 16.6. The van der Waals surface area contributed by atoms with E-state index in [1.165, 1.54) is 25.1 Å². The summed E-state index contributed by atoms with van der Waals surface area (Å²) in [6.07, 6.45) is 0. The van der Waals surface area contributed by atoms with Crippen LogP contribution in [0.1, 0.15) is 19.4 Å². The van der Waals surface area contributed by atoms with Gasteiger partial charge in [-0.25, -0.2) is 0 Å². The zero-order chi connectivity index (χ0) is 22.2. The molecule has 0 unspecified atom stereocenters. The molecule has 0 amide bonds. The van der Waals surface area contributed by atoms with E-state index in [4.69, 9.17) is 14.2 Å². The SMILES string of the molecule is CC.Cc1c(O)cc(Oc2c(O)cc(O)c3c2Oc2c(O)cc(O)cc2O3)cc1O. The van der Waals surface area contributed by atoms with Crippen LogP contribution in [0.3, 0.4) is 0 Å². The van der Waals surface area contributed by atoms with Gasteiger partial charge in [-0.05, 0) is 6.92 Å². The minimum atomic E-state index is -0.527. The van der Waals surface area contributed by atoms with Gasteiger partial charge in [0.2, 0.25) is 23.0 Å². The highest BCUT2D eigenvalue weighted by Gasteiger charge is 2.31. The van der Waals surface area contributed by atoms with Crippen LogP contribution in [0.5, 0.6) is 69.0 Å². The van der Waals surface area contributed by atoms with Crippen LogP contribution in [0.25, 0.3) is 0 Å². The fourth-order valence-electron chi connectivity index (χ4n) is 2.69. The molecule has 158 valence electrons. The zero-order valence-electron chi connectivity index (χ0n) is 16.3. The van der Waals surface area contributed by atoms with Gasteiger partial charge < -0.3 is 44.8 Å². The van der Waals surface area contributed by atoms with Gasteiger partial charge in [-0.15, -0.1) is 0 Å². The Hall–Kier alpha value is -4.14. The van der Waals surface area contributed by atoms with Gasteiger partial charge in [0, 0.05) is 35.9 Å². The standard InChI is InChI=1S/C19H14O9.C2H6/c1-7-10(21)4-9(5-11(7)22)26-17-13(24)6-14(25)18-19(17)28-16-12(23)2-8(20)3-15(16)27-18;1-2/h2-6,20-25H,1H3;1-2H3. The summed E-state index contributed by atoms with van der Waals surface area (Å²) in [5.41, 5.74) is 0.238. The van der Waals surface area contributed by atoms with Crippen LogP contribution in [0, 0.1) is 6.92 Å². The molecule has 1 aliphatic heterocycles. The van der Waals surface area contributed by atoms with E-state index in [1.807, 2.05) is 13.8 Å². The Morgan fingerprint density at radius 2 is 1.23 bits per heavy atom. The van der Waals surface area contributed by atoms with Crippen molar-refractivity contribution in [1.82, 2.24) is 0 Å². The molecule has 9 nitrogen and oxygen atoms in total. The molecule has 1 aliphatic rings. The maximum absolute atomic E-state index is 10.2. The Morgan fingerprint density at radius 1 is 0.633 bits per heavy atom. The normalized spacial score (nSPS) is 11.2. The molecular weight excluding hydrogens is 396 g/mol. The van der Waals surface area contributed by atoms with Crippen LogP contribution < -0.4 is 14.2 Å². The van der Waals surface area contributed by atoms with Crippen LogP contribution in [0.2, 0.25) is 0 Å². The van der Waals surface area contributed by atoms with Crippen molar-refractivity contribution in [2.45, 2.75) is 20.8 Å². The van der Waals surface area contributed by atoms with E-state index in [1.54, 1.807) is 0 Å². The first-order valence-corrected chi connectivity index (χ1v) is 8.95. The summed E-state index contributed by atoms with van der Waals surface area (Å²) in [6.45, 7) is 5.50. The number of fused-ring (bicyclic) bond motifs is 2. The van der Waals surface area contributed by atoms with Crippen molar-refractivity contribution < 1.29 is 44.8 Å². The second-order valence-electron chi connectivity index (χ2n) is 6.09. The van der Waals surface area contributed by atoms with E-state index in [0.717, 1.165) is 12.1 Å². The van der Waals surface area contributed by atoms with Crippen molar-refractivity contribution in [3.05, 3.63) is 35.9 Å². The van der Waals surface area contributed by atoms with Crippen molar-refractivity contribution in [2.75, 3.05) is 0 Å². The Bertz CT molecular complexity index is 1100. The smallest absolute Gasteiger partial charge is 0.220 e. The predicted molar refractivity (Wildman–Crippen MR) is 106 cm³/mol. The molecule has 0 bridgehead atoms. The molecule has 4 rings (SSSR count). The summed E-state index contributed by atoms with van der Waals surface area (Å²) in [4.78, 5) is 0. The largest absolute Gasteiger partial charge is 0.508 e. The maximum Gasteiger partial charge on any atom is 0.220 e.